The second kappa shape index (κ2) is 9.11. The summed E-state index contributed by atoms with van der Waals surface area (Å²) in [6, 6.07) is 4.47. The summed E-state index contributed by atoms with van der Waals surface area (Å²) in [5, 5.41) is 4.68. The molecule has 1 aromatic heterocycles. The number of aliphatic imine (C=N–C) groups is 1. The van der Waals surface area contributed by atoms with E-state index in [9.17, 15) is 22.8 Å². The zero-order valence-corrected chi connectivity index (χ0v) is 17.5. The minimum Gasteiger partial charge on any atom is -0.465 e. The molecule has 0 radical (unpaired) electrons. The number of esters is 1. The van der Waals surface area contributed by atoms with Gasteiger partial charge in [0.15, 0.2) is 5.82 Å². The van der Waals surface area contributed by atoms with Crippen LogP contribution in [0.4, 0.5) is 13.2 Å². The highest BCUT2D eigenvalue weighted by atomic mass is 35.5. The molecule has 31 heavy (non-hydrogen) atoms. The molecule has 0 saturated carbocycles. The van der Waals surface area contributed by atoms with Gasteiger partial charge in [0.25, 0.3) is 0 Å². The van der Waals surface area contributed by atoms with Gasteiger partial charge in [-0.15, -0.1) is 5.10 Å². The van der Waals surface area contributed by atoms with E-state index in [1.54, 1.807) is 6.92 Å². The van der Waals surface area contributed by atoms with Crippen LogP contribution in [-0.4, -0.2) is 39.3 Å². The molecule has 0 aliphatic carbocycles. The number of carbonyl (C=O) groups excluding carboxylic acids is 1. The lowest BCUT2D eigenvalue weighted by atomic mass is 10.2. The van der Waals surface area contributed by atoms with Gasteiger partial charge in [-0.3, -0.25) is 9.79 Å². The number of ether oxygens (including phenoxy) is 1. The lowest BCUT2D eigenvalue weighted by Crippen LogP contribution is -2.28. The molecule has 1 aromatic carbocycles. The summed E-state index contributed by atoms with van der Waals surface area (Å²) in [6.45, 7) is 1.23. The summed E-state index contributed by atoms with van der Waals surface area (Å²) in [6.07, 6.45) is -1.81. The third-order valence-corrected chi connectivity index (χ3v) is 4.69. The normalized spacial score (nSPS) is 14.1. The molecule has 3 rings (SSSR count). The van der Waals surface area contributed by atoms with Crippen LogP contribution in [0.15, 0.2) is 45.8 Å². The molecule has 12 heteroatoms. The van der Waals surface area contributed by atoms with Gasteiger partial charge >= 0.3 is 17.8 Å². The Morgan fingerprint density at radius 2 is 2.00 bits per heavy atom. The molecule has 1 aliphatic rings. The van der Waals surface area contributed by atoms with Crippen LogP contribution < -0.4 is 5.69 Å². The van der Waals surface area contributed by atoms with Crippen molar-refractivity contribution in [3.05, 3.63) is 56.6 Å². The van der Waals surface area contributed by atoms with E-state index in [1.165, 1.54) is 18.2 Å². The number of rotatable bonds is 5. The van der Waals surface area contributed by atoms with Crippen LogP contribution in [-0.2, 0) is 16.1 Å². The fraction of sp³-hybridized carbons (Fsp3) is 0.263. The highest BCUT2D eigenvalue weighted by Gasteiger charge is 2.33. The first-order valence-corrected chi connectivity index (χ1v) is 9.69. The van der Waals surface area contributed by atoms with Crippen LogP contribution in [0.3, 0.4) is 0 Å². The molecule has 164 valence electrons. The van der Waals surface area contributed by atoms with Crippen LogP contribution >= 0.6 is 23.2 Å². The zero-order valence-electron chi connectivity index (χ0n) is 16.0. The van der Waals surface area contributed by atoms with Gasteiger partial charge < -0.3 is 4.74 Å². The van der Waals surface area contributed by atoms with E-state index in [0.29, 0.717) is 10.6 Å². The molecule has 2 aromatic rings. The van der Waals surface area contributed by atoms with E-state index in [-0.39, 0.29) is 29.6 Å². The lowest BCUT2D eigenvalue weighted by Gasteiger charge is -2.09. The zero-order chi connectivity index (χ0) is 22.8. The molecule has 0 saturated heterocycles. The summed E-state index contributed by atoms with van der Waals surface area (Å²) in [7, 11) is 0. The van der Waals surface area contributed by atoms with Gasteiger partial charge in [-0.1, -0.05) is 23.2 Å². The molecule has 1 aliphatic heterocycles. The van der Waals surface area contributed by atoms with E-state index in [1.807, 2.05) is 0 Å². The van der Waals surface area contributed by atoms with E-state index in [0.717, 1.165) is 27.6 Å². The first kappa shape index (κ1) is 22.8. The third kappa shape index (κ3) is 5.08. The maximum absolute atomic E-state index is 13.0. The highest BCUT2D eigenvalue weighted by Crippen LogP contribution is 2.32. The summed E-state index contributed by atoms with van der Waals surface area (Å²) < 4.78 is 45.8. The molecule has 0 spiro atoms. The topological polar surface area (TPSA) is 78.5 Å². The van der Waals surface area contributed by atoms with E-state index in [4.69, 9.17) is 27.9 Å². The van der Waals surface area contributed by atoms with Gasteiger partial charge in [-0.25, -0.2) is 14.0 Å². The first-order valence-electron chi connectivity index (χ1n) is 8.93. The minimum absolute atomic E-state index is 0.0273. The standard InChI is InChI=1S/C19H15Cl2F3N4O3/c1-2-31-16(29)10-27-18(30)28(12-4-6-15(19(22,23)24)25-8-7-12)17(26-27)13-5-3-11(20)9-14(13)21/h3-6,8-9H,2,7,10H2,1H3. The molecule has 2 heterocycles. The van der Waals surface area contributed by atoms with Crippen molar-refractivity contribution >= 4 is 41.1 Å². The largest absolute Gasteiger partial charge is 0.465 e. The quantitative estimate of drug-likeness (QED) is 0.603. The monoisotopic (exact) mass is 474 g/mol. The summed E-state index contributed by atoms with van der Waals surface area (Å²) >= 11 is 12.2. The predicted molar refractivity (Wildman–Crippen MR) is 110 cm³/mol. The summed E-state index contributed by atoms with van der Waals surface area (Å²) in [5.74, 6) is -0.668. The van der Waals surface area contributed by atoms with Crippen LogP contribution in [0.1, 0.15) is 13.3 Å². The van der Waals surface area contributed by atoms with Crippen molar-refractivity contribution in [2.24, 2.45) is 4.99 Å². The number of aromatic nitrogens is 3. The Morgan fingerprint density at radius 1 is 1.26 bits per heavy atom. The van der Waals surface area contributed by atoms with E-state index < -0.39 is 30.1 Å². The Morgan fingerprint density at radius 3 is 2.65 bits per heavy atom. The van der Waals surface area contributed by atoms with Crippen LogP contribution in [0.5, 0.6) is 0 Å². The van der Waals surface area contributed by atoms with Gasteiger partial charge in [0.05, 0.1) is 11.6 Å². The Bertz CT molecular complexity index is 1160. The molecule has 0 unspecified atom stereocenters. The number of carbonyl (C=O) groups is 1. The van der Waals surface area contributed by atoms with Crippen LogP contribution in [0.25, 0.3) is 17.1 Å². The van der Waals surface area contributed by atoms with Crippen LogP contribution in [0, 0.1) is 0 Å². The van der Waals surface area contributed by atoms with E-state index >= 15 is 0 Å². The van der Waals surface area contributed by atoms with Crippen molar-refractivity contribution in [1.82, 2.24) is 14.3 Å². The number of hydrogen-bond donors (Lipinski definition) is 0. The molecular formula is C19H15Cl2F3N4O3. The SMILES string of the molecule is CCOC(=O)Cn1nc(-c2ccc(Cl)cc2Cl)n(C2=CC=C(C(F)(F)F)N=CC2)c1=O. The smallest absolute Gasteiger partial charge is 0.433 e. The summed E-state index contributed by atoms with van der Waals surface area (Å²) in [4.78, 5) is 28.3. The second-order valence-electron chi connectivity index (χ2n) is 6.25. The van der Waals surface area contributed by atoms with Gasteiger partial charge in [0.2, 0.25) is 0 Å². The lowest BCUT2D eigenvalue weighted by molar-refractivity contribution is -0.144. The fourth-order valence-corrected chi connectivity index (χ4v) is 3.29. The average Bonchev–Trinajstić information content (AvgIpc) is 2.84. The molecule has 0 N–H and O–H groups in total. The first-order chi connectivity index (χ1) is 14.6. The second-order valence-corrected chi connectivity index (χ2v) is 7.10. The van der Waals surface area contributed by atoms with Crippen LogP contribution in [0.2, 0.25) is 10.0 Å². The van der Waals surface area contributed by atoms with E-state index in [2.05, 4.69) is 10.1 Å². The maximum atomic E-state index is 13.0. The van der Waals surface area contributed by atoms with Gasteiger partial charge in [0, 0.05) is 28.9 Å². The van der Waals surface area contributed by atoms with Crippen molar-refractivity contribution < 1.29 is 22.7 Å². The Hall–Kier alpha value is -2.85. The number of hydrogen-bond acceptors (Lipinski definition) is 5. The third-order valence-electron chi connectivity index (χ3n) is 4.14. The van der Waals surface area contributed by atoms with Gasteiger partial charge in [0.1, 0.15) is 12.2 Å². The van der Waals surface area contributed by atoms with Gasteiger partial charge in [-0.2, -0.15) is 13.2 Å². The minimum atomic E-state index is -4.65. The number of alkyl halides is 3. The van der Waals surface area contributed by atoms with Crippen molar-refractivity contribution in [2.45, 2.75) is 26.1 Å². The molecule has 0 amide bonds. The van der Waals surface area contributed by atoms with Crippen molar-refractivity contribution in [3.8, 4) is 11.4 Å². The van der Waals surface area contributed by atoms with Crippen molar-refractivity contribution in [1.29, 1.82) is 0 Å². The Labute approximate surface area is 184 Å². The number of nitrogens with zero attached hydrogens (tertiary/aromatic N) is 4. The van der Waals surface area contributed by atoms with Gasteiger partial charge in [-0.05, 0) is 37.3 Å². The Balaban J connectivity index is 2.18. The molecule has 0 bridgehead atoms. The highest BCUT2D eigenvalue weighted by molar-refractivity contribution is 6.36. The maximum Gasteiger partial charge on any atom is 0.433 e. The molecular weight excluding hydrogens is 460 g/mol. The van der Waals surface area contributed by atoms with Crippen molar-refractivity contribution in [2.75, 3.05) is 6.61 Å². The fourth-order valence-electron chi connectivity index (χ4n) is 2.80. The number of benzene rings is 1. The molecule has 0 fully saturated rings. The number of allylic oxidation sites excluding steroid dienone is 4. The molecule has 0 atom stereocenters. The predicted octanol–water partition coefficient (Wildman–Crippen LogP) is 4.34. The Kier molecular flexibility index (Phi) is 6.71. The number of halogens is 5. The molecule has 7 nitrogen and oxygen atoms in total. The summed E-state index contributed by atoms with van der Waals surface area (Å²) in [5.41, 5.74) is -1.41. The van der Waals surface area contributed by atoms with Crippen molar-refractivity contribution in [3.63, 3.8) is 0 Å². The average molecular weight is 475 g/mol.